The highest BCUT2D eigenvalue weighted by Crippen LogP contribution is 2.61. The fraction of sp³-hybridized carbons (Fsp3) is 0.857. The molecular weight excluding hydrogens is 412 g/mol. The summed E-state index contributed by atoms with van der Waals surface area (Å²) in [6.07, 6.45) is -6.52. The van der Waals surface area contributed by atoms with E-state index < -0.39 is 74.2 Å². The molecule has 27 heavy (non-hydrogen) atoms. The lowest BCUT2D eigenvalue weighted by molar-refractivity contribution is -0.425. The highest BCUT2D eigenvalue weighted by atomic mass is 19.4. The number of rotatable bonds is 12. The second-order valence-electron chi connectivity index (χ2n) is 5.71. The van der Waals surface area contributed by atoms with Gasteiger partial charge < -0.3 is 5.11 Å². The second-order valence-corrected chi connectivity index (χ2v) is 5.71. The first-order chi connectivity index (χ1) is 11.9. The van der Waals surface area contributed by atoms with E-state index in [4.69, 9.17) is 5.11 Å². The quantitative estimate of drug-likeness (QED) is 0.232. The van der Waals surface area contributed by atoms with Crippen LogP contribution >= 0.6 is 0 Å². The molecule has 0 aliphatic carbocycles. The van der Waals surface area contributed by atoms with Crippen LogP contribution in [-0.2, 0) is 0 Å². The van der Waals surface area contributed by atoms with Crippen LogP contribution in [0.25, 0.3) is 0 Å². The molecule has 1 N–H and O–H groups in total. The molecule has 0 amide bonds. The Balaban J connectivity index is 6.02. The van der Waals surface area contributed by atoms with E-state index >= 15 is 0 Å². The maximum atomic E-state index is 13.5. The normalized spacial score (nSPS) is 15.1. The van der Waals surface area contributed by atoms with Gasteiger partial charge in [-0.05, 0) is 19.3 Å². The third kappa shape index (κ3) is 4.32. The zero-order valence-electron chi connectivity index (χ0n) is 13.5. The molecule has 0 fully saturated rings. The number of alkyl halides is 12. The largest absolute Gasteiger partial charge is 0.396 e. The van der Waals surface area contributed by atoms with Crippen LogP contribution in [0.15, 0.2) is 12.7 Å². The van der Waals surface area contributed by atoms with Crippen molar-refractivity contribution in [1.82, 2.24) is 0 Å². The highest BCUT2D eigenvalue weighted by molar-refractivity contribution is 5.11. The van der Waals surface area contributed by atoms with Crippen LogP contribution in [0.4, 0.5) is 52.7 Å². The molecule has 0 heterocycles. The number of halogens is 12. The molecule has 0 aromatic heterocycles. The van der Waals surface area contributed by atoms with Crippen LogP contribution in [-0.4, -0.2) is 47.2 Å². The van der Waals surface area contributed by atoms with Gasteiger partial charge in [-0.25, -0.2) is 0 Å². The van der Waals surface area contributed by atoms with Crippen molar-refractivity contribution >= 4 is 0 Å². The summed E-state index contributed by atoms with van der Waals surface area (Å²) < 4.78 is 161. The topological polar surface area (TPSA) is 20.2 Å². The summed E-state index contributed by atoms with van der Waals surface area (Å²) in [5.41, 5.74) is 0. The van der Waals surface area contributed by atoms with Gasteiger partial charge in [-0.2, -0.15) is 52.7 Å². The fourth-order valence-electron chi connectivity index (χ4n) is 1.91. The predicted molar refractivity (Wildman–Crippen MR) is 70.0 cm³/mol. The molecular formula is C14H16F12O. The molecule has 0 unspecified atom stereocenters. The van der Waals surface area contributed by atoms with Gasteiger partial charge in [0, 0.05) is 19.4 Å². The average Bonchev–Trinajstić information content (AvgIpc) is 2.52. The lowest BCUT2D eigenvalue weighted by atomic mass is 9.88. The molecule has 162 valence electrons. The number of hydrogen-bond donors (Lipinski definition) is 1. The number of unbranched alkanes of at least 4 members (excludes halogenated alkanes) is 1. The van der Waals surface area contributed by atoms with Crippen molar-refractivity contribution in [2.24, 2.45) is 0 Å². The summed E-state index contributed by atoms with van der Waals surface area (Å²) in [4.78, 5) is 0. The lowest BCUT2D eigenvalue weighted by Crippen LogP contribution is -2.70. The molecule has 0 radical (unpaired) electrons. The number of allylic oxidation sites excluding steroid dienone is 1. The number of aliphatic hydroxyl groups excluding tert-OH is 1. The molecule has 0 spiro atoms. The van der Waals surface area contributed by atoms with E-state index in [1.165, 1.54) is 0 Å². The summed E-state index contributed by atoms with van der Waals surface area (Å²) in [6.45, 7) is 1.98. The average molecular weight is 428 g/mol. The third-order valence-electron chi connectivity index (χ3n) is 3.66. The van der Waals surface area contributed by atoms with E-state index in [9.17, 15) is 52.7 Å². The van der Waals surface area contributed by atoms with E-state index in [0.29, 0.717) is 6.08 Å². The van der Waals surface area contributed by atoms with E-state index in [1.807, 2.05) is 0 Å². The smallest absolute Gasteiger partial charge is 0.384 e. The Morgan fingerprint density at radius 3 is 1.30 bits per heavy atom. The summed E-state index contributed by atoms with van der Waals surface area (Å²) in [5, 5.41) is 8.33. The van der Waals surface area contributed by atoms with Crippen LogP contribution in [0.2, 0.25) is 0 Å². The molecule has 0 aromatic rings. The standard InChI is InChI=1S/C14H16F12O/c1-2-3-6-9(15,16)11(19,20)13(23,24)14(25,26)12(21,22)10(17,18)7-4-5-8-27/h2,27H,1,3-8H2. The molecule has 0 saturated carbocycles. The third-order valence-corrected chi connectivity index (χ3v) is 3.66. The molecule has 13 heteroatoms. The monoisotopic (exact) mass is 428 g/mol. The zero-order chi connectivity index (χ0) is 21.9. The van der Waals surface area contributed by atoms with Crippen molar-refractivity contribution in [3.8, 4) is 0 Å². The minimum atomic E-state index is -7.52. The van der Waals surface area contributed by atoms with Crippen molar-refractivity contribution in [2.75, 3.05) is 6.61 Å². The van der Waals surface area contributed by atoms with Gasteiger partial charge in [-0.15, -0.1) is 6.58 Å². The second kappa shape index (κ2) is 8.08. The molecule has 0 aliphatic rings. The first-order valence-corrected chi connectivity index (χ1v) is 7.36. The molecule has 0 aromatic carbocycles. The van der Waals surface area contributed by atoms with Gasteiger partial charge in [0.2, 0.25) is 0 Å². The van der Waals surface area contributed by atoms with Crippen molar-refractivity contribution in [3.63, 3.8) is 0 Å². The molecule has 0 rings (SSSR count). The van der Waals surface area contributed by atoms with E-state index in [2.05, 4.69) is 6.58 Å². The van der Waals surface area contributed by atoms with E-state index in [0.717, 1.165) is 0 Å². The van der Waals surface area contributed by atoms with E-state index in [-0.39, 0.29) is 0 Å². The Morgan fingerprint density at radius 1 is 0.593 bits per heavy atom. The van der Waals surface area contributed by atoms with Crippen molar-refractivity contribution in [2.45, 2.75) is 67.6 Å². The Hall–Kier alpha value is -1.14. The van der Waals surface area contributed by atoms with Crippen LogP contribution < -0.4 is 0 Å². The predicted octanol–water partition coefficient (Wildman–Crippen LogP) is 5.93. The maximum Gasteiger partial charge on any atom is 0.384 e. The summed E-state index contributed by atoms with van der Waals surface area (Å²) in [6, 6.07) is 0. The summed E-state index contributed by atoms with van der Waals surface area (Å²) in [5.74, 6) is -41.1. The summed E-state index contributed by atoms with van der Waals surface area (Å²) in [7, 11) is 0. The van der Waals surface area contributed by atoms with Gasteiger partial charge in [0.25, 0.3) is 0 Å². The van der Waals surface area contributed by atoms with Crippen LogP contribution in [0, 0.1) is 0 Å². The van der Waals surface area contributed by atoms with Gasteiger partial charge in [0.05, 0.1) is 0 Å². The Kier molecular flexibility index (Phi) is 7.74. The van der Waals surface area contributed by atoms with Gasteiger partial charge in [0.1, 0.15) is 0 Å². The zero-order valence-corrected chi connectivity index (χ0v) is 13.5. The van der Waals surface area contributed by atoms with Gasteiger partial charge in [-0.3, -0.25) is 0 Å². The molecule has 0 saturated heterocycles. The lowest BCUT2D eigenvalue weighted by Gasteiger charge is -2.41. The first-order valence-electron chi connectivity index (χ1n) is 7.36. The van der Waals surface area contributed by atoms with Gasteiger partial charge in [-0.1, -0.05) is 6.08 Å². The Morgan fingerprint density at radius 2 is 0.963 bits per heavy atom. The molecule has 0 atom stereocenters. The molecule has 0 aliphatic heterocycles. The van der Waals surface area contributed by atoms with Gasteiger partial charge in [0.15, 0.2) is 0 Å². The van der Waals surface area contributed by atoms with Crippen LogP contribution in [0.1, 0.15) is 32.1 Å². The van der Waals surface area contributed by atoms with Gasteiger partial charge >= 0.3 is 35.5 Å². The maximum absolute atomic E-state index is 13.5. The van der Waals surface area contributed by atoms with Crippen molar-refractivity contribution in [3.05, 3.63) is 12.7 Å². The van der Waals surface area contributed by atoms with Crippen molar-refractivity contribution in [1.29, 1.82) is 0 Å². The Labute approximate surface area is 146 Å². The molecule has 0 bridgehead atoms. The fourth-order valence-corrected chi connectivity index (χ4v) is 1.91. The van der Waals surface area contributed by atoms with Crippen LogP contribution in [0.5, 0.6) is 0 Å². The van der Waals surface area contributed by atoms with E-state index in [1.54, 1.807) is 0 Å². The number of hydrogen-bond acceptors (Lipinski definition) is 1. The van der Waals surface area contributed by atoms with Crippen molar-refractivity contribution < 1.29 is 57.8 Å². The SMILES string of the molecule is C=CCCC(F)(F)C(F)(F)C(F)(F)C(F)(F)C(F)(F)C(F)(F)CCCCO. The first kappa shape index (κ1) is 25.9. The summed E-state index contributed by atoms with van der Waals surface area (Å²) >= 11 is 0. The highest BCUT2D eigenvalue weighted by Gasteiger charge is 2.89. The number of aliphatic hydroxyl groups is 1. The van der Waals surface area contributed by atoms with Crippen LogP contribution in [0.3, 0.4) is 0 Å². The molecule has 1 nitrogen and oxygen atoms in total. The minimum Gasteiger partial charge on any atom is -0.396 e. The Bertz CT molecular complexity index is 500. The minimum absolute atomic E-state index is 0.546.